The molecule has 1 aliphatic rings. The van der Waals surface area contributed by atoms with E-state index < -0.39 is 0 Å². The Morgan fingerprint density at radius 1 is 0.773 bits per heavy atom. The molecule has 0 atom stereocenters. The number of anilines is 2. The molecule has 0 saturated heterocycles. The minimum Gasteiger partial charge on any atom is -0.344 e. The third-order valence-corrected chi connectivity index (χ3v) is 4.64. The summed E-state index contributed by atoms with van der Waals surface area (Å²) >= 11 is 0. The zero-order valence-corrected chi connectivity index (χ0v) is 13.0. The third kappa shape index (κ3) is 1.93. The van der Waals surface area contributed by atoms with Gasteiger partial charge in [0.15, 0.2) is 0 Å². The van der Waals surface area contributed by atoms with Gasteiger partial charge in [0, 0.05) is 24.8 Å². The molecule has 0 heterocycles. The average Bonchev–Trinajstić information content (AvgIpc) is 2.93. The minimum atomic E-state index is 1.03. The van der Waals surface area contributed by atoms with E-state index >= 15 is 0 Å². The van der Waals surface area contributed by atoms with E-state index in [0.717, 1.165) is 6.42 Å². The summed E-state index contributed by atoms with van der Waals surface area (Å²) in [6.07, 6.45) is 1.03. The van der Waals surface area contributed by atoms with Crippen molar-refractivity contribution in [1.29, 1.82) is 0 Å². The lowest BCUT2D eigenvalue weighted by molar-refractivity contribution is 1.14. The number of benzene rings is 3. The summed E-state index contributed by atoms with van der Waals surface area (Å²) in [7, 11) is 2.17. The van der Waals surface area contributed by atoms with Crippen LogP contribution >= 0.6 is 0 Å². The lowest BCUT2D eigenvalue weighted by Gasteiger charge is -2.25. The topological polar surface area (TPSA) is 3.24 Å². The number of rotatable bonds is 2. The molecule has 108 valence electrons. The summed E-state index contributed by atoms with van der Waals surface area (Å²) in [6.45, 7) is 2.21. The van der Waals surface area contributed by atoms with Crippen molar-refractivity contribution in [1.82, 2.24) is 0 Å². The van der Waals surface area contributed by atoms with Crippen LogP contribution in [0.25, 0.3) is 11.1 Å². The highest BCUT2D eigenvalue weighted by atomic mass is 15.1. The van der Waals surface area contributed by atoms with Crippen LogP contribution in [0.5, 0.6) is 0 Å². The summed E-state index contributed by atoms with van der Waals surface area (Å²) < 4.78 is 0. The Balaban J connectivity index is 1.89. The van der Waals surface area contributed by atoms with Gasteiger partial charge in [0.25, 0.3) is 0 Å². The molecule has 0 N–H and O–H groups in total. The van der Waals surface area contributed by atoms with Gasteiger partial charge in [-0.3, -0.25) is 0 Å². The maximum atomic E-state index is 2.32. The van der Waals surface area contributed by atoms with Crippen LogP contribution in [0, 0.1) is 6.92 Å². The fourth-order valence-corrected chi connectivity index (χ4v) is 3.56. The summed E-state index contributed by atoms with van der Waals surface area (Å²) in [5, 5.41) is 0. The number of fused-ring (bicyclic) bond motifs is 3. The first-order valence-electron chi connectivity index (χ1n) is 7.75. The highest BCUT2D eigenvalue weighted by Crippen LogP contribution is 2.43. The fourth-order valence-electron chi connectivity index (χ4n) is 3.56. The molecule has 3 aromatic rings. The first-order chi connectivity index (χ1) is 10.8. The lowest BCUT2D eigenvalue weighted by atomic mass is 10.0. The van der Waals surface area contributed by atoms with Crippen molar-refractivity contribution in [2.75, 3.05) is 11.9 Å². The van der Waals surface area contributed by atoms with Gasteiger partial charge >= 0.3 is 0 Å². The van der Waals surface area contributed by atoms with Gasteiger partial charge in [0.05, 0.1) is 0 Å². The molecule has 1 aliphatic carbocycles. The second-order valence-corrected chi connectivity index (χ2v) is 5.99. The second-order valence-electron chi connectivity index (χ2n) is 5.99. The molecule has 0 amide bonds. The zero-order valence-electron chi connectivity index (χ0n) is 13.0. The van der Waals surface area contributed by atoms with Crippen molar-refractivity contribution in [2.24, 2.45) is 0 Å². The molecule has 0 spiro atoms. The molecule has 0 aromatic heterocycles. The number of para-hydroxylation sites is 1. The van der Waals surface area contributed by atoms with Crippen molar-refractivity contribution in [2.45, 2.75) is 13.3 Å². The predicted molar refractivity (Wildman–Crippen MR) is 93.9 cm³/mol. The number of nitrogens with zero attached hydrogens (tertiary/aromatic N) is 1. The highest BCUT2D eigenvalue weighted by Gasteiger charge is 2.23. The van der Waals surface area contributed by atoms with E-state index in [0.29, 0.717) is 0 Å². The maximum absolute atomic E-state index is 2.32. The van der Waals surface area contributed by atoms with Gasteiger partial charge in [0.1, 0.15) is 0 Å². The number of hydrogen-bond acceptors (Lipinski definition) is 1. The monoisotopic (exact) mass is 285 g/mol. The van der Waals surface area contributed by atoms with Crippen LogP contribution in [0.15, 0.2) is 66.7 Å². The Labute approximate surface area is 131 Å². The average molecular weight is 285 g/mol. The molecule has 1 heteroatoms. The summed E-state index contributed by atoms with van der Waals surface area (Å²) in [5.74, 6) is 0. The van der Waals surface area contributed by atoms with Gasteiger partial charge in [-0.05, 0) is 46.9 Å². The van der Waals surface area contributed by atoms with E-state index in [1.54, 1.807) is 0 Å². The van der Waals surface area contributed by atoms with E-state index in [-0.39, 0.29) is 0 Å². The van der Waals surface area contributed by atoms with Crippen LogP contribution in [0.1, 0.15) is 16.7 Å². The Kier molecular flexibility index (Phi) is 3.00. The van der Waals surface area contributed by atoms with E-state index in [1.165, 1.54) is 39.2 Å². The van der Waals surface area contributed by atoms with Gasteiger partial charge in [-0.25, -0.2) is 0 Å². The Bertz CT molecular complexity index is 834. The summed E-state index contributed by atoms with van der Waals surface area (Å²) in [6, 6.07) is 23.9. The van der Waals surface area contributed by atoms with Gasteiger partial charge in [-0.1, -0.05) is 54.6 Å². The summed E-state index contributed by atoms with van der Waals surface area (Å²) in [5.41, 5.74) is 9.57. The Morgan fingerprint density at radius 3 is 2.32 bits per heavy atom. The normalized spacial score (nSPS) is 11.9. The third-order valence-electron chi connectivity index (χ3n) is 4.64. The van der Waals surface area contributed by atoms with E-state index in [2.05, 4.69) is 85.6 Å². The van der Waals surface area contributed by atoms with Crippen LogP contribution < -0.4 is 4.90 Å². The zero-order chi connectivity index (χ0) is 15.1. The Morgan fingerprint density at radius 2 is 1.50 bits per heavy atom. The Hall–Kier alpha value is -2.54. The quantitative estimate of drug-likeness (QED) is 0.481. The van der Waals surface area contributed by atoms with Crippen LogP contribution in [0.3, 0.4) is 0 Å². The van der Waals surface area contributed by atoms with Gasteiger partial charge < -0.3 is 4.90 Å². The second kappa shape index (κ2) is 5.03. The van der Waals surface area contributed by atoms with E-state index in [4.69, 9.17) is 0 Å². The van der Waals surface area contributed by atoms with E-state index in [9.17, 15) is 0 Å². The molecular formula is C21H19N. The number of hydrogen-bond donors (Lipinski definition) is 0. The van der Waals surface area contributed by atoms with Gasteiger partial charge in [-0.2, -0.15) is 0 Å². The minimum absolute atomic E-state index is 1.03. The molecule has 1 nitrogen and oxygen atoms in total. The molecule has 0 fully saturated rings. The molecule has 0 unspecified atom stereocenters. The molecule has 0 radical (unpaired) electrons. The van der Waals surface area contributed by atoms with Gasteiger partial charge in [-0.15, -0.1) is 0 Å². The van der Waals surface area contributed by atoms with Crippen molar-refractivity contribution >= 4 is 11.4 Å². The van der Waals surface area contributed by atoms with Crippen LogP contribution in [0.2, 0.25) is 0 Å². The largest absolute Gasteiger partial charge is 0.344 e. The molecule has 3 aromatic carbocycles. The lowest BCUT2D eigenvalue weighted by Crippen LogP contribution is -2.13. The molecule has 0 aliphatic heterocycles. The molecular weight excluding hydrogens is 266 g/mol. The molecule has 22 heavy (non-hydrogen) atoms. The standard InChI is InChI=1S/C21H19N/c1-15-12-13-19-18-11-7-6-8-16(18)14-20(19)21(15)22(2)17-9-4-3-5-10-17/h3-13H,14H2,1-2H3. The van der Waals surface area contributed by atoms with Crippen molar-refractivity contribution in [3.63, 3.8) is 0 Å². The van der Waals surface area contributed by atoms with Crippen molar-refractivity contribution in [3.05, 3.63) is 83.4 Å². The van der Waals surface area contributed by atoms with Crippen LogP contribution in [0.4, 0.5) is 11.4 Å². The van der Waals surface area contributed by atoms with Crippen LogP contribution in [-0.2, 0) is 6.42 Å². The summed E-state index contributed by atoms with van der Waals surface area (Å²) in [4.78, 5) is 2.32. The molecule has 0 saturated carbocycles. The first-order valence-corrected chi connectivity index (χ1v) is 7.75. The molecule has 4 rings (SSSR count). The predicted octanol–water partition coefficient (Wildman–Crippen LogP) is 5.33. The molecule has 0 bridgehead atoms. The smallest absolute Gasteiger partial charge is 0.0480 e. The van der Waals surface area contributed by atoms with Crippen molar-refractivity contribution in [3.8, 4) is 11.1 Å². The fraction of sp³-hybridized carbons (Fsp3) is 0.143. The SMILES string of the molecule is Cc1ccc2c(c1N(C)c1ccccc1)Cc1ccccc1-2. The van der Waals surface area contributed by atoms with E-state index in [1.807, 2.05) is 0 Å². The van der Waals surface area contributed by atoms with Crippen molar-refractivity contribution < 1.29 is 0 Å². The maximum Gasteiger partial charge on any atom is 0.0480 e. The van der Waals surface area contributed by atoms with Gasteiger partial charge in [0.2, 0.25) is 0 Å². The van der Waals surface area contributed by atoms with Crippen LogP contribution in [-0.4, -0.2) is 7.05 Å². The highest BCUT2D eigenvalue weighted by molar-refractivity contribution is 5.85. The number of aryl methyl sites for hydroxylation is 1. The first kappa shape index (κ1) is 13.1.